The van der Waals surface area contributed by atoms with Gasteiger partial charge in [0.1, 0.15) is 5.82 Å². The van der Waals surface area contributed by atoms with Gasteiger partial charge in [-0.3, -0.25) is 5.84 Å². The van der Waals surface area contributed by atoms with E-state index in [1.54, 1.807) is 11.5 Å². The highest BCUT2D eigenvalue weighted by Gasteiger charge is 2.11. The van der Waals surface area contributed by atoms with Crippen LogP contribution in [0.2, 0.25) is 0 Å². The lowest BCUT2D eigenvalue weighted by atomic mass is 10.2. The summed E-state index contributed by atoms with van der Waals surface area (Å²) in [6, 6.07) is 1.13. The Labute approximate surface area is 68.5 Å². The zero-order valence-corrected chi connectivity index (χ0v) is 6.70. The lowest BCUT2D eigenvalue weighted by molar-refractivity contribution is 0.581. The molecule has 1 rings (SSSR count). The number of nitrogens with two attached hydrogens (primary N) is 1. The summed E-state index contributed by atoms with van der Waals surface area (Å²) >= 11 is 1.32. The molecule has 0 aromatic carbocycles. The summed E-state index contributed by atoms with van der Waals surface area (Å²) in [5, 5.41) is 1.68. The maximum Gasteiger partial charge on any atom is 0.139 e. The molecule has 0 spiro atoms. The topological polar surface area (TPSA) is 38.0 Å². The van der Waals surface area contributed by atoms with E-state index in [1.807, 2.05) is 0 Å². The first-order chi connectivity index (χ1) is 5.29. The van der Waals surface area contributed by atoms with Gasteiger partial charge in [0.05, 0.1) is 10.9 Å². The van der Waals surface area contributed by atoms with Crippen LogP contribution >= 0.6 is 11.3 Å². The van der Waals surface area contributed by atoms with Crippen LogP contribution in [-0.2, 0) is 0 Å². The largest absolute Gasteiger partial charge is 0.271 e. The van der Waals surface area contributed by atoms with E-state index in [1.165, 1.54) is 17.4 Å². The van der Waals surface area contributed by atoms with Crippen LogP contribution in [-0.4, -0.2) is 0 Å². The molecule has 0 aliphatic rings. The summed E-state index contributed by atoms with van der Waals surface area (Å²) in [6.45, 7) is 3.53. The second-order valence-corrected chi connectivity index (χ2v) is 2.96. The van der Waals surface area contributed by atoms with Crippen molar-refractivity contribution >= 4 is 11.3 Å². The molecule has 2 nitrogen and oxygen atoms in total. The Hall–Kier alpha value is -0.710. The van der Waals surface area contributed by atoms with E-state index >= 15 is 0 Å². The third-order valence-electron chi connectivity index (χ3n) is 1.34. The fourth-order valence-electron chi connectivity index (χ4n) is 0.778. The second kappa shape index (κ2) is 3.61. The molecule has 0 fully saturated rings. The smallest absolute Gasteiger partial charge is 0.139 e. The van der Waals surface area contributed by atoms with Gasteiger partial charge in [0.25, 0.3) is 0 Å². The number of halogens is 1. The number of thiophene rings is 1. The molecule has 0 amide bonds. The van der Waals surface area contributed by atoms with E-state index in [2.05, 4.69) is 12.0 Å². The summed E-state index contributed by atoms with van der Waals surface area (Å²) < 4.78 is 12.8. The van der Waals surface area contributed by atoms with Crippen molar-refractivity contribution in [2.24, 2.45) is 5.84 Å². The fourth-order valence-corrected chi connectivity index (χ4v) is 1.60. The van der Waals surface area contributed by atoms with Crippen LogP contribution < -0.4 is 11.3 Å². The van der Waals surface area contributed by atoms with E-state index < -0.39 is 0 Å². The molecule has 1 aromatic heterocycles. The van der Waals surface area contributed by atoms with Crippen LogP contribution in [0.5, 0.6) is 0 Å². The normalized spacial score (nSPS) is 12.9. The predicted molar refractivity (Wildman–Crippen MR) is 44.5 cm³/mol. The molecular formula is C7H9FN2S. The minimum absolute atomic E-state index is 0.238. The Bertz CT molecular complexity index is 246. The Morgan fingerprint density at radius 3 is 2.91 bits per heavy atom. The van der Waals surface area contributed by atoms with Crippen molar-refractivity contribution in [1.82, 2.24) is 5.43 Å². The third kappa shape index (κ3) is 1.65. The minimum Gasteiger partial charge on any atom is -0.271 e. The first kappa shape index (κ1) is 8.39. The molecule has 1 heterocycles. The monoisotopic (exact) mass is 172 g/mol. The molecular weight excluding hydrogens is 163 g/mol. The van der Waals surface area contributed by atoms with Gasteiger partial charge in [-0.15, -0.1) is 17.9 Å². The van der Waals surface area contributed by atoms with Crippen LogP contribution in [0.25, 0.3) is 0 Å². The van der Waals surface area contributed by atoms with Crippen molar-refractivity contribution in [3.8, 4) is 0 Å². The van der Waals surface area contributed by atoms with Crippen molar-refractivity contribution in [3.05, 3.63) is 34.8 Å². The van der Waals surface area contributed by atoms with Crippen LogP contribution in [0.4, 0.5) is 4.39 Å². The van der Waals surface area contributed by atoms with E-state index in [0.29, 0.717) is 4.88 Å². The molecule has 4 heteroatoms. The molecule has 0 saturated carbocycles. The van der Waals surface area contributed by atoms with Crippen molar-refractivity contribution in [2.75, 3.05) is 0 Å². The molecule has 0 aliphatic carbocycles. The van der Waals surface area contributed by atoms with Gasteiger partial charge >= 0.3 is 0 Å². The van der Waals surface area contributed by atoms with Gasteiger partial charge in [-0.05, 0) is 11.4 Å². The zero-order chi connectivity index (χ0) is 8.27. The minimum atomic E-state index is -0.282. The van der Waals surface area contributed by atoms with Gasteiger partial charge in [-0.25, -0.2) is 9.82 Å². The molecule has 0 aliphatic heterocycles. The van der Waals surface area contributed by atoms with Crippen molar-refractivity contribution in [3.63, 3.8) is 0 Å². The summed E-state index contributed by atoms with van der Waals surface area (Å²) in [6.07, 6.45) is 1.56. The van der Waals surface area contributed by atoms with Gasteiger partial charge in [0.2, 0.25) is 0 Å². The third-order valence-corrected chi connectivity index (χ3v) is 2.32. The van der Waals surface area contributed by atoms with E-state index in [4.69, 9.17) is 5.84 Å². The van der Waals surface area contributed by atoms with Crippen molar-refractivity contribution < 1.29 is 4.39 Å². The van der Waals surface area contributed by atoms with Gasteiger partial charge in [0, 0.05) is 0 Å². The number of nitrogens with one attached hydrogen (secondary N) is 1. The molecule has 1 atom stereocenters. The molecule has 60 valence electrons. The lowest BCUT2D eigenvalue weighted by Gasteiger charge is -2.07. The SMILES string of the molecule is C=CC(NN)c1sccc1F. The Morgan fingerprint density at radius 1 is 1.82 bits per heavy atom. The Kier molecular flexibility index (Phi) is 2.76. The highest BCUT2D eigenvalue weighted by molar-refractivity contribution is 7.10. The van der Waals surface area contributed by atoms with Gasteiger partial charge in [0.15, 0.2) is 0 Å². The van der Waals surface area contributed by atoms with Gasteiger partial charge < -0.3 is 0 Å². The standard InChI is InChI=1S/C7H9FN2S/c1-2-6(10-9)7-5(8)3-4-11-7/h2-4,6,10H,1,9H2. The van der Waals surface area contributed by atoms with E-state index in [0.717, 1.165) is 0 Å². The molecule has 0 saturated heterocycles. The first-order valence-electron chi connectivity index (χ1n) is 3.11. The maximum atomic E-state index is 12.8. The molecule has 0 radical (unpaired) electrons. The Balaban J connectivity index is 2.89. The number of hydrogen-bond acceptors (Lipinski definition) is 3. The second-order valence-electron chi connectivity index (χ2n) is 2.01. The lowest BCUT2D eigenvalue weighted by Crippen LogP contribution is -2.26. The van der Waals surface area contributed by atoms with Gasteiger partial charge in [-0.1, -0.05) is 6.08 Å². The van der Waals surface area contributed by atoms with Crippen LogP contribution in [0.15, 0.2) is 24.1 Å². The summed E-state index contributed by atoms with van der Waals surface area (Å²) in [7, 11) is 0. The summed E-state index contributed by atoms with van der Waals surface area (Å²) in [4.78, 5) is 0.572. The van der Waals surface area contributed by atoms with Gasteiger partial charge in [-0.2, -0.15) is 0 Å². The number of hydrogen-bond donors (Lipinski definition) is 2. The highest BCUT2D eigenvalue weighted by atomic mass is 32.1. The van der Waals surface area contributed by atoms with Crippen LogP contribution in [0, 0.1) is 5.82 Å². The summed E-state index contributed by atoms with van der Waals surface area (Å²) in [5.41, 5.74) is 2.45. The van der Waals surface area contributed by atoms with Crippen molar-refractivity contribution in [2.45, 2.75) is 6.04 Å². The molecule has 11 heavy (non-hydrogen) atoms. The average Bonchev–Trinajstić information content (AvgIpc) is 2.40. The summed E-state index contributed by atoms with van der Waals surface area (Å²) in [5.74, 6) is 4.92. The predicted octanol–water partition coefficient (Wildman–Crippen LogP) is 1.58. The molecule has 1 aromatic rings. The molecule has 1 unspecified atom stereocenters. The quantitative estimate of drug-likeness (QED) is 0.412. The van der Waals surface area contributed by atoms with E-state index in [9.17, 15) is 4.39 Å². The maximum absolute atomic E-state index is 12.8. The highest BCUT2D eigenvalue weighted by Crippen LogP contribution is 2.22. The van der Waals surface area contributed by atoms with Crippen LogP contribution in [0.1, 0.15) is 10.9 Å². The zero-order valence-electron chi connectivity index (χ0n) is 5.88. The first-order valence-corrected chi connectivity index (χ1v) is 3.99. The van der Waals surface area contributed by atoms with Crippen molar-refractivity contribution in [1.29, 1.82) is 0 Å². The molecule has 3 N–H and O–H groups in total. The average molecular weight is 172 g/mol. The number of rotatable bonds is 3. The number of hydrazine groups is 1. The molecule has 0 bridgehead atoms. The van der Waals surface area contributed by atoms with E-state index in [-0.39, 0.29) is 11.9 Å². The van der Waals surface area contributed by atoms with Crippen LogP contribution in [0.3, 0.4) is 0 Å². The fraction of sp³-hybridized carbons (Fsp3) is 0.143. The Morgan fingerprint density at radius 2 is 2.55 bits per heavy atom.